The van der Waals surface area contributed by atoms with Gasteiger partial charge in [-0.05, 0) is 42.2 Å². The van der Waals surface area contributed by atoms with Crippen molar-refractivity contribution in [2.24, 2.45) is 0 Å². The second-order valence-electron chi connectivity index (χ2n) is 4.64. The molecule has 0 aliphatic carbocycles. The Kier molecular flexibility index (Phi) is 5.71. The maximum Gasteiger partial charge on any atom is 0.330 e. The van der Waals surface area contributed by atoms with E-state index in [1.54, 1.807) is 18.2 Å². The molecular weight excluding hydrogens is 267 g/mol. The molecule has 108 valence electrons. The van der Waals surface area contributed by atoms with Gasteiger partial charge < -0.3 is 4.74 Å². The van der Waals surface area contributed by atoms with Crippen molar-refractivity contribution in [3.8, 4) is 0 Å². The number of halogens is 1. The van der Waals surface area contributed by atoms with E-state index in [4.69, 9.17) is 4.74 Å². The molecule has 0 atom stereocenters. The summed E-state index contributed by atoms with van der Waals surface area (Å²) in [5.74, 6) is -0.678. The molecule has 0 bridgehead atoms. The van der Waals surface area contributed by atoms with Crippen LogP contribution in [0.3, 0.4) is 0 Å². The van der Waals surface area contributed by atoms with E-state index >= 15 is 0 Å². The Morgan fingerprint density at radius 3 is 2.48 bits per heavy atom. The summed E-state index contributed by atoms with van der Waals surface area (Å²) in [6.45, 7) is 0.390. The third-order valence-corrected chi connectivity index (χ3v) is 2.98. The summed E-state index contributed by atoms with van der Waals surface area (Å²) in [4.78, 5) is 11.5. The molecule has 0 fully saturated rings. The molecule has 2 rings (SSSR count). The topological polar surface area (TPSA) is 26.3 Å². The highest BCUT2D eigenvalue weighted by Gasteiger charge is 1.98. The van der Waals surface area contributed by atoms with Gasteiger partial charge in [0.2, 0.25) is 0 Å². The van der Waals surface area contributed by atoms with Gasteiger partial charge in [-0.3, -0.25) is 0 Å². The van der Waals surface area contributed by atoms with Crippen molar-refractivity contribution < 1.29 is 13.9 Å². The molecule has 2 nitrogen and oxygen atoms in total. The molecule has 0 spiro atoms. The molecule has 0 N–H and O–H groups in total. The predicted octanol–water partition coefficient (Wildman–Crippen LogP) is 4.01. The molecule has 0 saturated heterocycles. The van der Waals surface area contributed by atoms with Crippen molar-refractivity contribution in [3.05, 3.63) is 77.6 Å². The summed E-state index contributed by atoms with van der Waals surface area (Å²) in [6.07, 6.45) is 4.64. The lowest BCUT2D eigenvalue weighted by Gasteiger charge is -2.02. The van der Waals surface area contributed by atoms with Gasteiger partial charge in [0.25, 0.3) is 0 Å². The summed E-state index contributed by atoms with van der Waals surface area (Å²) in [5.41, 5.74) is 1.99. The van der Waals surface area contributed by atoms with Gasteiger partial charge in [-0.2, -0.15) is 0 Å². The van der Waals surface area contributed by atoms with Crippen LogP contribution in [0.5, 0.6) is 0 Å². The van der Waals surface area contributed by atoms with E-state index in [1.807, 2.05) is 18.2 Å². The number of esters is 1. The minimum absolute atomic E-state index is 0.296. The summed E-state index contributed by atoms with van der Waals surface area (Å²) in [7, 11) is 0. The number of benzene rings is 2. The van der Waals surface area contributed by atoms with Crippen molar-refractivity contribution in [2.75, 3.05) is 6.61 Å². The van der Waals surface area contributed by atoms with Gasteiger partial charge >= 0.3 is 5.97 Å². The lowest BCUT2D eigenvalue weighted by molar-refractivity contribution is -0.137. The van der Waals surface area contributed by atoms with Crippen LogP contribution < -0.4 is 0 Å². The van der Waals surface area contributed by atoms with Crippen molar-refractivity contribution in [1.29, 1.82) is 0 Å². The molecular formula is C18H17FO2. The molecule has 0 unspecified atom stereocenters. The average Bonchev–Trinajstić information content (AvgIpc) is 2.52. The number of hydrogen-bond donors (Lipinski definition) is 0. The van der Waals surface area contributed by atoms with E-state index in [0.717, 1.165) is 18.4 Å². The Morgan fingerprint density at radius 1 is 1.05 bits per heavy atom. The standard InChI is InChI=1S/C18H17FO2/c19-17-11-8-16(9-12-17)10-13-18(20)21-14-4-7-15-5-2-1-3-6-15/h1-3,5-6,8-13H,4,7,14H2/b13-10+. The summed E-state index contributed by atoms with van der Waals surface area (Å²) in [6, 6.07) is 16.0. The van der Waals surface area contributed by atoms with Crippen molar-refractivity contribution in [2.45, 2.75) is 12.8 Å². The molecule has 0 radical (unpaired) electrons. The fourth-order valence-corrected chi connectivity index (χ4v) is 1.88. The maximum absolute atomic E-state index is 12.7. The van der Waals surface area contributed by atoms with E-state index in [-0.39, 0.29) is 11.8 Å². The number of aryl methyl sites for hydroxylation is 1. The van der Waals surface area contributed by atoms with Crippen molar-refractivity contribution >= 4 is 12.0 Å². The molecule has 0 aliphatic rings. The predicted molar refractivity (Wildman–Crippen MR) is 81.2 cm³/mol. The van der Waals surface area contributed by atoms with Crippen LogP contribution in [0.1, 0.15) is 17.5 Å². The quantitative estimate of drug-likeness (QED) is 0.455. The highest BCUT2D eigenvalue weighted by Crippen LogP contribution is 2.05. The largest absolute Gasteiger partial charge is 0.463 e. The Balaban J connectivity index is 1.69. The van der Waals surface area contributed by atoms with Crippen molar-refractivity contribution in [1.82, 2.24) is 0 Å². The normalized spacial score (nSPS) is 10.7. The van der Waals surface area contributed by atoms with Crippen LogP contribution in [-0.4, -0.2) is 12.6 Å². The van der Waals surface area contributed by atoms with Crippen LogP contribution in [0.15, 0.2) is 60.7 Å². The number of hydrogen-bond acceptors (Lipinski definition) is 2. The molecule has 0 amide bonds. The fourth-order valence-electron chi connectivity index (χ4n) is 1.88. The third kappa shape index (κ3) is 5.61. The molecule has 0 aliphatic heterocycles. The van der Waals surface area contributed by atoms with Crippen LogP contribution in [-0.2, 0) is 16.0 Å². The van der Waals surface area contributed by atoms with Gasteiger partial charge in [0, 0.05) is 6.08 Å². The number of ether oxygens (including phenoxy) is 1. The van der Waals surface area contributed by atoms with Crippen LogP contribution in [0.25, 0.3) is 6.08 Å². The molecule has 0 saturated carbocycles. The van der Waals surface area contributed by atoms with Crippen LogP contribution in [0.2, 0.25) is 0 Å². The number of carbonyl (C=O) groups is 1. The van der Waals surface area contributed by atoms with Crippen LogP contribution in [0, 0.1) is 5.82 Å². The first-order valence-electron chi connectivity index (χ1n) is 6.88. The zero-order valence-corrected chi connectivity index (χ0v) is 11.7. The first-order chi connectivity index (χ1) is 10.2. The lowest BCUT2D eigenvalue weighted by atomic mass is 10.1. The van der Waals surface area contributed by atoms with Gasteiger partial charge in [0.15, 0.2) is 0 Å². The molecule has 21 heavy (non-hydrogen) atoms. The molecule has 2 aromatic rings. The Labute approximate surface area is 123 Å². The van der Waals surface area contributed by atoms with E-state index in [2.05, 4.69) is 12.1 Å². The Morgan fingerprint density at radius 2 is 1.76 bits per heavy atom. The Bertz CT molecular complexity index is 588. The second-order valence-corrected chi connectivity index (χ2v) is 4.64. The highest BCUT2D eigenvalue weighted by molar-refractivity contribution is 5.86. The monoisotopic (exact) mass is 284 g/mol. The zero-order valence-electron chi connectivity index (χ0n) is 11.7. The van der Waals surface area contributed by atoms with Crippen LogP contribution >= 0.6 is 0 Å². The number of carbonyl (C=O) groups excluding carboxylic acids is 1. The summed E-state index contributed by atoms with van der Waals surface area (Å²) < 4.78 is 17.8. The fraction of sp³-hybridized carbons (Fsp3) is 0.167. The van der Waals surface area contributed by atoms with Gasteiger partial charge in [0.1, 0.15) is 5.82 Å². The average molecular weight is 284 g/mol. The van der Waals surface area contributed by atoms with E-state index in [9.17, 15) is 9.18 Å². The second kappa shape index (κ2) is 8.00. The molecule has 0 aromatic heterocycles. The SMILES string of the molecule is O=C(/C=C/c1ccc(F)cc1)OCCCc1ccccc1. The van der Waals surface area contributed by atoms with Gasteiger partial charge in [0.05, 0.1) is 6.61 Å². The third-order valence-electron chi connectivity index (χ3n) is 2.98. The summed E-state index contributed by atoms with van der Waals surface area (Å²) in [5, 5.41) is 0. The van der Waals surface area contributed by atoms with Crippen molar-refractivity contribution in [3.63, 3.8) is 0 Å². The van der Waals surface area contributed by atoms with E-state index in [0.29, 0.717) is 6.61 Å². The van der Waals surface area contributed by atoms with Crippen LogP contribution in [0.4, 0.5) is 4.39 Å². The first kappa shape index (κ1) is 15.0. The van der Waals surface area contributed by atoms with E-state index < -0.39 is 0 Å². The number of rotatable bonds is 6. The molecule has 0 heterocycles. The minimum atomic E-state index is -0.382. The minimum Gasteiger partial charge on any atom is -0.463 e. The lowest BCUT2D eigenvalue weighted by Crippen LogP contribution is -2.03. The van der Waals surface area contributed by atoms with Gasteiger partial charge in [-0.25, -0.2) is 9.18 Å². The van der Waals surface area contributed by atoms with E-state index in [1.165, 1.54) is 23.8 Å². The van der Waals surface area contributed by atoms with Gasteiger partial charge in [-0.1, -0.05) is 42.5 Å². The molecule has 3 heteroatoms. The summed E-state index contributed by atoms with van der Waals surface area (Å²) >= 11 is 0. The Hall–Kier alpha value is -2.42. The maximum atomic E-state index is 12.7. The molecule has 2 aromatic carbocycles. The zero-order chi connectivity index (χ0) is 14.9. The first-order valence-corrected chi connectivity index (χ1v) is 6.88. The highest BCUT2D eigenvalue weighted by atomic mass is 19.1. The van der Waals surface area contributed by atoms with Gasteiger partial charge in [-0.15, -0.1) is 0 Å². The smallest absolute Gasteiger partial charge is 0.330 e.